The van der Waals surface area contributed by atoms with Gasteiger partial charge < -0.3 is 5.32 Å². The lowest BCUT2D eigenvalue weighted by Crippen LogP contribution is -2.43. The third kappa shape index (κ3) is 1.66. The summed E-state index contributed by atoms with van der Waals surface area (Å²) in [4.78, 5) is 0.273. The van der Waals surface area contributed by atoms with E-state index >= 15 is 0 Å². The molecule has 3 N–H and O–H groups in total. The Labute approximate surface area is 83.2 Å². The van der Waals surface area contributed by atoms with Gasteiger partial charge in [0.25, 0.3) is 0 Å². The van der Waals surface area contributed by atoms with E-state index in [0.717, 1.165) is 0 Å². The molecule has 1 unspecified atom stereocenters. The zero-order valence-electron chi connectivity index (χ0n) is 7.55. The zero-order valence-corrected chi connectivity index (χ0v) is 8.37. The maximum atomic E-state index is 11.3. The van der Waals surface area contributed by atoms with E-state index in [1.807, 2.05) is 18.2 Å². The number of allylic oxidation sites excluding steroid dienone is 2. The summed E-state index contributed by atoms with van der Waals surface area (Å²) in [5.41, 5.74) is 0. The van der Waals surface area contributed by atoms with E-state index in [0.29, 0.717) is 6.54 Å². The highest BCUT2D eigenvalue weighted by atomic mass is 32.2. The van der Waals surface area contributed by atoms with Gasteiger partial charge in [-0.15, -0.1) is 0 Å². The van der Waals surface area contributed by atoms with Gasteiger partial charge in [-0.05, 0) is 6.08 Å². The van der Waals surface area contributed by atoms with Crippen LogP contribution in [0.5, 0.6) is 0 Å². The van der Waals surface area contributed by atoms with Crippen LogP contribution in [-0.4, -0.2) is 21.0 Å². The molecule has 1 aliphatic carbocycles. The molecule has 0 aromatic carbocycles. The van der Waals surface area contributed by atoms with Crippen LogP contribution in [0.25, 0.3) is 0 Å². The highest BCUT2D eigenvalue weighted by molar-refractivity contribution is 7.93. The number of primary sulfonamides is 1. The molecular formula is C9H12N2O2S. The van der Waals surface area contributed by atoms with E-state index < -0.39 is 10.0 Å². The molecule has 0 saturated carbocycles. The molecule has 0 aromatic rings. The average molecular weight is 212 g/mol. The van der Waals surface area contributed by atoms with Gasteiger partial charge in [-0.2, -0.15) is 0 Å². The van der Waals surface area contributed by atoms with Gasteiger partial charge in [0, 0.05) is 12.5 Å². The molecule has 14 heavy (non-hydrogen) atoms. The first kappa shape index (κ1) is 9.64. The van der Waals surface area contributed by atoms with Crippen LogP contribution in [0.4, 0.5) is 0 Å². The fraction of sp³-hybridized carbons (Fsp3) is 0.333. The van der Waals surface area contributed by atoms with Crippen molar-refractivity contribution in [2.24, 2.45) is 11.1 Å². The van der Waals surface area contributed by atoms with Gasteiger partial charge in [-0.3, -0.25) is 0 Å². The molecule has 1 aliphatic heterocycles. The molecule has 0 bridgehead atoms. The summed E-state index contributed by atoms with van der Waals surface area (Å²) in [5, 5.41) is 8.24. The first-order valence-electron chi connectivity index (χ1n) is 4.40. The van der Waals surface area contributed by atoms with E-state index in [1.165, 1.54) is 0 Å². The van der Waals surface area contributed by atoms with Crippen LogP contribution in [0.1, 0.15) is 0 Å². The van der Waals surface area contributed by atoms with Crippen molar-refractivity contribution in [3.8, 4) is 0 Å². The summed E-state index contributed by atoms with van der Waals surface area (Å²) in [6.45, 7) is 0.682. The number of nitrogens with one attached hydrogen (secondary N) is 1. The van der Waals surface area contributed by atoms with Crippen LogP contribution in [0, 0.1) is 5.92 Å². The normalized spacial score (nSPS) is 31.1. The van der Waals surface area contributed by atoms with Crippen molar-refractivity contribution in [1.29, 1.82) is 0 Å². The first-order valence-corrected chi connectivity index (χ1v) is 5.95. The molecule has 0 fully saturated rings. The van der Waals surface area contributed by atoms with Crippen molar-refractivity contribution >= 4 is 10.0 Å². The van der Waals surface area contributed by atoms with Crippen LogP contribution in [0.15, 0.2) is 35.3 Å². The van der Waals surface area contributed by atoms with Crippen LogP contribution in [-0.2, 0) is 10.0 Å². The molecule has 0 radical (unpaired) electrons. The predicted molar refractivity (Wildman–Crippen MR) is 54.8 cm³/mol. The number of nitrogens with two attached hydrogens (primary N) is 1. The fourth-order valence-corrected chi connectivity index (χ4v) is 2.65. The highest BCUT2D eigenvalue weighted by Gasteiger charge is 2.30. The lowest BCUT2D eigenvalue weighted by molar-refractivity contribution is 0.516. The van der Waals surface area contributed by atoms with Gasteiger partial charge in [0.05, 0.1) is 10.9 Å². The van der Waals surface area contributed by atoms with Crippen molar-refractivity contribution in [2.45, 2.75) is 6.04 Å². The Morgan fingerprint density at radius 3 is 2.93 bits per heavy atom. The minimum Gasteiger partial charge on any atom is -0.305 e. The zero-order chi connectivity index (χ0) is 10.2. The molecule has 2 atom stereocenters. The molecule has 4 nitrogen and oxygen atoms in total. The minimum absolute atomic E-state index is 0.0991. The summed E-state index contributed by atoms with van der Waals surface area (Å²) < 4.78 is 22.5. The summed E-state index contributed by atoms with van der Waals surface area (Å²) >= 11 is 0. The minimum atomic E-state index is -3.58. The van der Waals surface area contributed by atoms with Gasteiger partial charge >= 0.3 is 0 Å². The Balaban J connectivity index is 2.40. The number of hydrogen-bond donors (Lipinski definition) is 2. The lowest BCUT2D eigenvalue weighted by Gasteiger charge is -2.29. The third-order valence-electron chi connectivity index (χ3n) is 2.43. The molecule has 0 spiro atoms. The largest absolute Gasteiger partial charge is 0.305 e. The Bertz CT molecular complexity index is 420. The molecule has 0 saturated heterocycles. The van der Waals surface area contributed by atoms with E-state index in [1.54, 1.807) is 12.2 Å². The quantitative estimate of drug-likeness (QED) is 0.595. The number of rotatable bonds is 1. The summed E-state index contributed by atoms with van der Waals surface area (Å²) in [6.07, 6.45) is 9.23. The topological polar surface area (TPSA) is 72.2 Å². The summed E-state index contributed by atoms with van der Waals surface area (Å²) in [5.74, 6) is 0.0991. The Morgan fingerprint density at radius 1 is 1.43 bits per heavy atom. The van der Waals surface area contributed by atoms with Crippen LogP contribution in [0.3, 0.4) is 0 Å². The molecule has 5 heteroatoms. The molecule has 2 rings (SSSR count). The summed E-state index contributed by atoms with van der Waals surface area (Å²) in [6, 6.07) is -0.194. The molecular weight excluding hydrogens is 200 g/mol. The van der Waals surface area contributed by atoms with Gasteiger partial charge in [0.15, 0.2) is 0 Å². The smallest absolute Gasteiger partial charge is 0.235 e. The van der Waals surface area contributed by atoms with Gasteiger partial charge in [-0.1, -0.05) is 24.3 Å². The standard InChI is InChI=1S/C9H12N2O2S/c10-14(12,13)8-5-1-3-7-4-2-6-11-9(7)8/h1-5,7,9,11H,6H2,(H2,10,12,13)/t7?,9-/m1/s1. The van der Waals surface area contributed by atoms with E-state index in [9.17, 15) is 8.42 Å². The molecule has 0 aromatic heterocycles. The molecule has 1 heterocycles. The van der Waals surface area contributed by atoms with Gasteiger partial charge in [0.2, 0.25) is 10.0 Å². The van der Waals surface area contributed by atoms with Crippen LogP contribution >= 0.6 is 0 Å². The molecule has 2 aliphatic rings. The third-order valence-corrected chi connectivity index (χ3v) is 3.47. The maximum absolute atomic E-state index is 11.3. The Kier molecular flexibility index (Phi) is 2.30. The van der Waals surface area contributed by atoms with Crippen molar-refractivity contribution in [2.75, 3.05) is 6.54 Å². The maximum Gasteiger partial charge on any atom is 0.235 e. The highest BCUT2D eigenvalue weighted by Crippen LogP contribution is 2.25. The van der Waals surface area contributed by atoms with Crippen molar-refractivity contribution in [3.63, 3.8) is 0 Å². The predicted octanol–water partition coefficient (Wildman–Crippen LogP) is -0.127. The Hall–Kier alpha value is -0.910. The van der Waals surface area contributed by atoms with E-state index in [4.69, 9.17) is 5.14 Å². The van der Waals surface area contributed by atoms with Crippen molar-refractivity contribution in [3.05, 3.63) is 35.3 Å². The fourth-order valence-electron chi connectivity index (χ4n) is 1.79. The lowest BCUT2D eigenvalue weighted by atomic mass is 9.92. The van der Waals surface area contributed by atoms with Gasteiger partial charge in [0.1, 0.15) is 0 Å². The van der Waals surface area contributed by atoms with Gasteiger partial charge in [-0.25, -0.2) is 13.6 Å². The second kappa shape index (κ2) is 3.34. The van der Waals surface area contributed by atoms with E-state index in [2.05, 4.69) is 5.32 Å². The average Bonchev–Trinajstić information content (AvgIpc) is 2.15. The summed E-state index contributed by atoms with van der Waals surface area (Å²) in [7, 11) is -3.58. The van der Waals surface area contributed by atoms with Crippen LogP contribution in [0.2, 0.25) is 0 Å². The second-order valence-corrected chi connectivity index (χ2v) is 4.95. The molecule has 76 valence electrons. The number of hydrogen-bond acceptors (Lipinski definition) is 3. The van der Waals surface area contributed by atoms with Crippen LogP contribution < -0.4 is 10.5 Å². The van der Waals surface area contributed by atoms with E-state index in [-0.39, 0.29) is 16.9 Å². The number of fused-ring (bicyclic) bond motifs is 1. The van der Waals surface area contributed by atoms with Crippen molar-refractivity contribution < 1.29 is 8.42 Å². The van der Waals surface area contributed by atoms with Crippen molar-refractivity contribution in [1.82, 2.24) is 5.32 Å². The Morgan fingerprint density at radius 2 is 2.21 bits per heavy atom. The monoisotopic (exact) mass is 212 g/mol. The SMILES string of the molecule is NS(=O)(=O)C1=CC=CC2C=CCN[C@@H]12. The number of sulfonamides is 1. The second-order valence-electron chi connectivity index (χ2n) is 3.39. The molecule has 0 amide bonds. The first-order chi connectivity index (χ1) is 6.59.